The second-order valence-electron chi connectivity index (χ2n) is 2.57. The number of aryl methyl sites for hydroxylation is 1. The van der Waals surface area contributed by atoms with E-state index in [0.717, 1.165) is 16.1 Å². The van der Waals surface area contributed by atoms with Crippen molar-refractivity contribution < 1.29 is 4.79 Å². The Morgan fingerprint density at radius 3 is 2.92 bits per heavy atom. The Morgan fingerprint density at radius 1 is 1.54 bits per heavy atom. The van der Waals surface area contributed by atoms with E-state index in [1.165, 1.54) is 6.08 Å². The maximum atomic E-state index is 8.08. The largest absolute Gasteiger partial charge is 0.385 e. The summed E-state index contributed by atoms with van der Waals surface area (Å²) < 4.78 is 0. The molecular formula is C10H8ClN2-. The van der Waals surface area contributed by atoms with Crippen molar-refractivity contribution in [3.8, 4) is 0 Å². The molecule has 1 aromatic carbocycles. The molecule has 0 saturated carbocycles. The lowest BCUT2D eigenvalue weighted by Crippen LogP contribution is -1.77. The van der Waals surface area contributed by atoms with Gasteiger partial charge in [0.05, 0.1) is 0 Å². The van der Waals surface area contributed by atoms with Crippen LogP contribution >= 0.6 is 11.6 Å². The van der Waals surface area contributed by atoms with E-state index in [4.69, 9.17) is 17.1 Å². The Bertz CT molecular complexity index is 377. The van der Waals surface area contributed by atoms with Crippen LogP contribution in [0.3, 0.4) is 0 Å². The molecule has 1 rings (SSSR count). The molecule has 13 heavy (non-hydrogen) atoms. The molecular weight excluding hydrogens is 184 g/mol. The summed E-state index contributed by atoms with van der Waals surface area (Å²) in [6.45, 7) is 1.94. The van der Waals surface area contributed by atoms with Gasteiger partial charge in [-0.2, -0.15) is 6.08 Å². The molecule has 0 atom stereocenters. The van der Waals surface area contributed by atoms with Crippen molar-refractivity contribution >= 4 is 23.9 Å². The van der Waals surface area contributed by atoms with Gasteiger partial charge in [-0.25, -0.2) is 0 Å². The van der Waals surface area contributed by atoms with E-state index >= 15 is 0 Å². The first-order chi connectivity index (χ1) is 6.24. The number of nitrogens with zero attached hydrogens (tertiary/aromatic N) is 2. The number of hydrogen-bond acceptors (Lipinski definition) is 0. The number of hydrogen-bond donors (Lipinski definition) is 0. The van der Waals surface area contributed by atoms with Gasteiger partial charge in [-0.3, -0.25) is 4.79 Å². The minimum absolute atomic E-state index is 0.725. The van der Waals surface area contributed by atoms with Crippen molar-refractivity contribution in [1.29, 1.82) is 0 Å². The predicted octanol–water partition coefficient (Wildman–Crippen LogP) is 2.84. The smallest absolute Gasteiger partial charge is 0.176 e. The fraction of sp³-hybridized carbons (Fsp3) is 0.100. The Morgan fingerprint density at radius 2 is 2.31 bits per heavy atom. The third kappa shape index (κ3) is 2.86. The highest BCUT2D eigenvalue weighted by molar-refractivity contribution is 6.31. The van der Waals surface area contributed by atoms with Crippen molar-refractivity contribution in [2.45, 2.75) is 6.92 Å². The molecule has 66 valence electrons. The van der Waals surface area contributed by atoms with E-state index in [2.05, 4.69) is 11.0 Å². The fourth-order valence-corrected chi connectivity index (χ4v) is 1.07. The predicted molar refractivity (Wildman–Crippen MR) is 53.8 cm³/mol. The highest BCUT2D eigenvalue weighted by atomic mass is 35.5. The SMILES string of the molecule is Cc1ccc(/C=C/[C-]=[N+]=[N-])cc1Cl. The topological polar surface area (TPSA) is 36.4 Å². The van der Waals surface area contributed by atoms with Gasteiger partial charge < -0.3 is 5.53 Å². The quantitative estimate of drug-likeness (QED) is 0.298. The number of allylic oxidation sites excluding steroid dienone is 1. The first-order valence-corrected chi connectivity index (χ1v) is 4.14. The van der Waals surface area contributed by atoms with E-state index in [0.29, 0.717) is 0 Å². The monoisotopic (exact) mass is 191 g/mol. The molecule has 1 aromatic rings. The number of benzene rings is 1. The van der Waals surface area contributed by atoms with Gasteiger partial charge >= 0.3 is 0 Å². The number of rotatable bonds is 2. The lowest BCUT2D eigenvalue weighted by molar-refractivity contribution is 0.00520. The van der Waals surface area contributed by atoms with Crippen LogP contribution in [0.25, 0.3) is 11.6 Å². The summed E-state index contributed by atoms with van der Waals surface area (Å²) in [6.07, 6.45) is 5.56. The summed E-state index contributed by atoms with van der Waals surface area (Å²) >= 11 is 5.90. The molecule has 0 aliphatic carbocycles. The van der Waals surface area contributed by atoms with Crippen LogP contribution in [0.1, 0.15) is 11.1 Å². The molecule has 0 aromatic heterocycles. The third-order valence-corrected chi connectivity index (χ3v) is 2.01. The summed E-state index contributed by atoms with van der Waals surface area (Å²) in [5.41, 5.74) is 10.1. The molecule has 0 unspecified atom stereocenters. The third-order valence-electron chi connectivity index (χ3n) is 1.60. The minimum Gasteiger partial charge on any atom is -0.385 e. The second-order valence-corrected chi connectivity index (χ2v) is 2.98. The van der Waals surface area contributed by atoms with Crippen LogP contribution in [0, 0.1) is 6.92 Å². The first-order valence-electron chi connectivity index (χ1n) is 3.76. The Labute approximate surface area is 82.1 Å². The van der Waals surface area contributed by atoms with Crippen LogP contribution in [0.4, 0.5) is 0 Å². The van der Waals surface area contributed by atoms with E-state index in [9.17, 15) is 0 Å². The molecule has 0 saturated heterocycles. The van der Waals surface area contributed by atoms with Gasteiger partial charge in [0.15, 0.2) is 6.21 Å². The zero-order chi connectivity index (χ0) is 9.68. The molecule has 3 heteroatoms. The van der Waals surface area contributed by atoms with Crippen LogP contribution in [0.15, 0.2) is 24.3 Å². The highest BCUT2D eigenvalue weighted by Crippen LogP contribution is 2.17. The maximum absolute atomic E-state index is 8.08. The van der Waals surface area contributed by atoms with Gasteiger partial charge in [0, 0.05) is 5.02 Å². The van der Waals surface area contributed by atoms with Crippen LogP contribution in [0.2, 0.25) is 5.02 Å². The van der Waals surface area contributed by atoms with E-state index < -0.39 is 0 Å². The van der Waals surface area contributed by atoms with E-state index in [-0.39, 0.29) is 0 Å². The van der Waals surface area contributed by atoms with Gasteiger partial charge in [0.1, 0.15) is 0 Å². The van der Waals surface area contributed by atoms with Gasteiger partial charge in [0.25, 0.3) is 0 Å². The molecule has 2 nitrogen and oxygen atoms in total. The average molecular weight is 192 g/mol. The molecule has 0 radical (unpaired) electrons. The lowest BCUT2D eigenvalue weighted by Gasteiger charge is -2.01. The second kappa shape index (κ2) is 4.61. The number of halogens is 1. The van der Waals surface area contributed by atoms with E-state index in [1.54, 1.807) is 6.08 Å². The molecule has 0 fully saturated rings. The molecule has 0 N–H and O–H groups in total. The molecule has 0 amide bonds. The Hall–Kier alpha value is -1.37. The average Bonchev–Trinajstić information content (AvgIpc) is 2.12. The summed E-state index contributed by atoms with van der Waals surface area (Å²) in [6, 6.07) is 5.70. The normalized spacial score (nSPS) is 10.0. The lowest BCUT2D eigenvalue weighted by atomic mass is 10.1. The van der Waals surface area contributed by atoms with Gasteiger partial charge in [-0.05, 0) is 12.5 Å². The fourth-order valence-electron chi connectivity index (χ4n) is 0.880. The minimum atomic E-state index is 0.725. The Balaban J connectivity index is 2.91. The summed E-state index contributed by atoms with van der Waals surface area (Å²) in [5.74, 6) is 0. The van der Waals surface area contributed by atoms with E-state index in [1.807, 2.05) is 25.1 Å². The van der Waals surface area contributed by atoms with Crippen molar-refractivity contribution in [1.82, 2.24) is 0 Å². The van der Waals surface area contributed by atoms with Crippen LogP contribution in [0.5, 0.6) is 0 Å². The summed E-state index contributed by atoms with van der Waals surface area (Å²) in [4.78, 5) is 2.72. The van der Waals surface area contributed by atoms with Crippen molar-refractivity contribution in [3.05, 3.63) is 46.0 Å². The molecule has 0 bridgehead atoms. The van der Waals surface area contributed by atoms with Crippen LogP contribution in [-0.2, 0) is 0 Å². The van der Waals surface area contributed by atoms with Crippen LogP contribution < -0.4 is 0 Å². The first kappa shape index (κ1) is 9.72. The molecule has 0 aliphatic rings. The molecule has 0 heterocycles. The summed E-state index contributed by atoms with van der Waals surface area (Å²) in [7, 11) is 0. The maximum Gasteiger partial charge on any atom is 0.176 e. The van der Waals surface area contributed by atoms with Gasteiger partial charge in [-0.15, -0.1) is 11.6 Å². The van der Waals surface area contributed by atoms with Gasteiger partial charge in [0.2, 0.25) is 0 Å². The standard InChI is InChI=1S/C10H8ClN2/c1-8-4-5-9(7-10(8)11)3-2-6-13-12/h2-5,7H,1H3/q-1/b3-2+. The summed E-state index contributed by atoms with van der Waals surface area (Å²) in [5, 5.41) is 0.725. The molecule has 0 spiro atoms. The van der Waals surface area contributed by atoms with Gasteiger partial charge in [-0.1, -0.05) is 29.8 Å². The highest BCUT2D eigenvalue weighted by Gasteiger charge is 1.91. The van der Waals surface area contributed by atoms with Crippen molar-refractivity contribution in [3.63, 3.8) is 0 Å². The van der Waals surface area contributed by atoms with Crippen molar-refractivity contribution in [2.75, 3.05) is 0 Å². The zero-order valence-corrected chi connectivity index (χ0v) is 7.92. The van der Waals surface area contributed by atoms with Crippen LogP contribution in [-0.4, -0.2) is 11.0 Å². The zero-order valence-electron chi connectivity index (χ0n) is 7.16. The molecule has 0 aliphatic heterocycles. The van der Waals surface area contributed by atoms with Crippen molar-refractivity contribution in [2.24, 2.45) is 0 Å². The Kier molecular flexibility index (Phi) is 3.44.